The fourth-order valence-corrected chi connectivity index (χ4v) is 3.17. The van der Waals surface area contributed by atoms with Crippen molar-refractivity contribution >= 4 is 22.4 Å². The Bertz CT molecular complexity index is 875. The summed E-state index contributed by atoms with van der Waals surface area (Å²) in [4.78, 5) is 16.9. The van der Waals surface area contributed by atoms with Crippen LogP contribution in [0, 0.1) is 0 Å². The molecule has 5 nitrogen and oxygen atoms in total. The molecule has 6 heteroatoms. The van der Waals surface area contributed by atoms with Crippen LogP contribution in [0.15, 0.2) is 53.9 Å². The van der Waals surface area contributed by atoms with Crippen LogP contribution < -0.4 is 10.1 Å². The largest absolute Gasteiger partial charge is 0.497 e. The van der Waals surface area contributed by atoms with Crippen molar-refractivity contribution in [1.82, 2.24) is 4.98 Å². The van der Waals surface area contributed by atoms with E-state index in [-0.39, 0.29) is 5.91 Å². The summed E-state index contributed by atoms with van der Waals surface area (Å²) in [6, 6.07) is 15.2. The van der Waals surface area contributed by atoms with Crippen LogP contribution in [0.1, 0.15) is 15.9 Å². The maximum Gasteiger partial charge on any atom is 0.257 e. The molecule has 1 N–H and O–H groups in total. The molecule has 0 aliphatic heterocycles. The highest BCUT2D eigenvalue weighted by Gasteiger charge is 2.11. The Morgan fingerprint density at radius 3 is 2.69 bits per heavy atom. The number of aromatic nitrogens is 1. The molecule has 1 aromatic heterocycles. The van der Waals surface area contributed by atoms with Crippen LogP contribution >= 0.6 is 11.3 Å². The van der Waals surface area contributed by atoms with Gasteiger partial charge in [0.25, 0.3) is 5.91 Å². The Hall–Kier alpha value is -2.70. The quantitative estimate of drug-likeness (QED) is 0.677. The minimum absolute atomic E-state index is 0.209. The molecule has 0 bridgehead atoms. The van der Waals surface area contributed by atoms with Gasteiger partial charge in [-0.3, -0.25) is 10.1 Å². The Kier molecular flexibility index (Phi) is 5.99. The number of ether oxygens (including phenoxy) is 2. The van der Waals surface area contributed by atoms with Gasteiger partial charge in [0, 0.05) is 23.6 Å². The number of benzene rings is 2. The fraction of sp³-hybridized carbons (Fsp3) is 0.200. The van der Waals surface area contributed by atoms with E-state index in [9.17, 15) is 4.79 Å². The maximum atomic E-state index is 12.4. The topological polar surface area (TPSA) is 60.5 Å². The molecule has 0 saturated heterocycles. The van der Waals surface area contributed by atoms with E-state index in [0.29, 0.717) is 23.1 Å². The number of hydrogen-bond acceptors (Lipinski definition) is 5. The lowest BCUT2D eigenvalue weighted by Gasteiger charge is -2.04. The van der Waals surface area contributed by atoms with Gasteiger partial charge in [0.15, 0.2) is 5.13 Å². The molecule has 0 saturated carbocycles. The summed E-state index contributed by atoms with van der Waals surface area (Å²) in [6.45, 7) is 0.705. The highest BCUT2D eigenvalue weighted by Crippen LogP contribution is 2.26. The highest BCUT2D eigenvalue weighted by atomic mass is 32.1. The third kappa shape index (κ3) is 4.47. The molecular formula is C20H20N2O3S. The standard InChI is InChI=1S/C20H20N2O3S/c1-24-11-10-14-6-8-15(9-7-14)18-13-26-20(21-18)22-19(23)16-4-3-5-17(12-16)25-2/h3-9,12-13H,10-11H2,1-2H3,(H,21,22,23). The molecule has 1 heterocycles. The lowest BCUT2D eigenvalue weighted by Crippen LogP contribution is -2.11. The number of nitrogens with zero attached hydrogens (tertiary/aromatic N) is 1. The zero-order chi connectivity index (χ0) is 18.4. The smallest absolute Gasteiger partial charge is 0.257 e. The van der Waals surface area contributed by atoms with E-state index in [0.717, 1.165) is 17.7 Å². The molecule has 2 aromatic carbocycles. The monoisotopic (exact) mass is 368 g/mol. The van der Waals surface area contributed by atoms with Crippen LogP contribution in [0.2, 0.25) is 0 Å². The summed E-state index contributed by atoms with van der Waals surface area (Å²) in [6.07, 6.45) is 0.885. The van der Waals surface area contributed by atoms with Gasteiger partial charge in [0.2, 0.25) is 0 Å². The lowest BCUT2D eigenvalue weighted by molar-refractivity contribution is 0.102. The number of carbonyl (C=O) groups is 1. The molecule has 0 atom stereocenters. The third-order valence-corrected chi connectivity index (χ3v) is 4.66. The maximum absolute atomic E-state index is 12.4. The lowest BCUT2D eigenvalue weighted by atomic mass is 10.1. The second-order valence-corrected chi connectivity index (χ2v) is 6.52. The summed E-state index contributed by atoms with van der Waals surface area (Å²) in [5.41, 5.74) is 3.61. The van der Waals surface area contributed by atoms with Gasteiger partial charge in [-0.2, -0.15) is 0 Å². The van der Waals surface area contributed by atoms with Crippen LogP contribution in [0.4, 0.5) is 5.13 Å². The number of carbonyl (C=O) groups excluding carboxylic acids is 1. The molecule has 3 rings (SSSR count). The van der Waals surface area contributed by atoms with E-state index < -0.39 is 0 Å². The third-order valence-electron chi connectivity index (χ3n) is 3.90. The normalized spacial score (nSPS) is 10.5. The van der Waals surface area contributed by atoms with E-state index in [2.05, 4.69) is 22.4 Å². The fourth-order valence-electron chi connectivity index (χ4n) is 2.46. The van der Waals surface area contributed by atoms with Crippen molar-refractivity contribution in [2.75, 3.05) is 26.1 Å². The summed E-state index contributed by atoms with van der Waals surface area (Å²) in [5.74, 6) is 0.436. The molecule has 0 radical (unpaired) electrons. The second kappa shape index (κ2) is 8.60. The summed E-state index contributed by atoms with van der Waals surface area (Å²) >= 11 is 1.40. The molecule has 0 fully saturated rings. The van der Waals surface area contributed by atoms with Crippen LogP contribution in [0.3, 0.4) is 0 Å². The first-order valence-electron chi connectivity index (χ1n) is 8.19. The van der Waals surface area contributed by atoms with E-state index >= 15 is 0 Å². The molecule has 0 spiro atoms. The Labute approximate surface area is 156 Å². The van der Waals surface area contributed by atoms with Crippen molar-refractivity contribution in [1.29, 1.82) is 0 Å². The average Bonchev–Trinajstić information content (AvgIpc) is 3.15. The zero-order valence-electron chi connectivity index (χ0n) is 14.7. The van der Waals surface area contributed by atoms with Crippen LogP contribution in [0.25, 0.3) is 11.3 Å². The summed E-state index contributed by atoms with van der Waals surface area (Å²) < 4.78 is 10.2. The van der Waals surface area contributed by atoms with Crippen molar-refractivity contribution in [2.45, 2.75) is 6.42 Å². The first kappa shape index (κ1) is 18.1. The van der Waals surface area contributed by atoms with Crippen molar-refractivity contribution in [3.8, 4) is 17.0 Å². The van der Waals surface area contributed by atoms with Crippen LogP contribution in [0.5, 0.6) is 5.75 Å². The van der Waals surface area contributed by atoms with Gasteiger partial charge >= 0.3 is 0 Å². The molecule has 0 unspecified atom stereocenters. The van der Waals surface area contributed by atoms with Crippen molar-refractivity contribution < 1.29 is 14.3 Å². The van der Waals surface area contributed by atoms with E-state index in [1.54, 1.807) is 38.5 Å². The second-order valence-electron chi connectivity index (χ2n) is 5.66. The molecular weight excluding hydrogens is 348 g/mol. The number of nitrogens with one attached hydrogen (secondary N) is 1. The number of hydrogen-bond donors (Lipinski definition) is 1. The number of thiazole rings is 1. The predicted molar refractivity (Wildman–Crippen MR) is 104 cm³/mol. The molecule has 3 aromatic rings. The van der Waals surface area contributed by atoms with Crippen molar-refractivity contribution in [2.24, 2.45) is 0 Å². The van der Waals surface area contributed by atoms with Gasteiger partial charge in [0.1, 0.15) is 5.75 Å². The predicted octanol–water partition coefficient (Wildman–Crippen LogP) is 4.26. The number of anilines is 1. The van der Waals surface area contributed by atoms with Gasteiger partial charge in [-0.1, -0.05) is 30.3 Å². The van der Waals surface area contributed by atoms with Crippen molar-refractivity contribution in [3.63, 3.8) is 0 Å². The van der Waals surface area contributed by atoms with Gasteiger partial charge in [-0.25, -0.2) is 4.98 Å². The average molecular weight is 368 g/mol. The number of rotatable bonds is 7. The Morgan fingerprint density at radius 1 is 1.15 bits per heavy atom. The minimum atomic E-state index is -0.209. The van der Waals surface area contributed by atoms with Gasteiger partial charge in [-0.15, -0.1) is 11.3 Å². The van der Waals surface area contributed by atoms with E-state index in [1.165, 1.54) is 16.9 Å². The highest BCUT2D eigenvalue weighted by molar-refractivity contribution is 7.14. The van der Waals surface area contributed by atoms with Crippen molar-refractivity contribution in [3.05, 3.63) is 65.0 Å². The molecule has 26 heavy (non-hydrogen) atoms. The van der Waals surface area contributed by atoms with E-state index in [4.69, 9.17) is 9.47 Å². The first-order chi connectivity index (χ1) is 12.7. The van der Waals surface area contributed by atoms with Crippen LogP contribution in [-0.2, 0) is 11.2 Å². The first-order valence-corrected chi connectivity index (χ1v) is 9.07. The van der Waals surface area contributed by atoms with Crippen LogP contribution in [-0.4, -0.2) is 31.7 Å². The molecule has 0 aliphatic carbocycles. The molecule has 0 aliphatic rings. The molecule has 134 valence electrons. The number of methoxy groups -OCH3 is 2. The van der Waals surface area contributed by atoms with Gasteiger partial charge in [0.05, 0.1) is 19.4 Å². The van der Waals surface area contributed by atoms with Gasteiger partial charge < -0.3 is 9.47 Å². The Morgan fingerprint density at radius 2 is 1.96 bits per heavy atom. The Balaban J connectivity index is 1.68. The summed E-state index contributed by atoms with van der Waals surface area (Å²) in [7, 11) is 3.27. The number of amides is 1. The van der Waals surface area contributed by atoms with Gasteiger partial charge in [-0.05, 0) is 30.2 Å². The summed E-state index contributed by atoms with van der Waals surface area (Å²) in [5, 5.41) is 5.34. The minimum Gasteiger partial charge on any atom is -0.497 e. The SMILES string of the molecule is COCCc1ccc(-c2csc(NC(=O)c3cccc(OC)c3)n2)cc1. The zero-order valence-corrected chi connectivity index (χ0v) is 15.5. The molecule has 1 amide bonds. The van der Waals surface area contributed by atoms with E-state index in [1.807, 2.05) is 17.5 Å².